The number of rotatable bonds is 8. The van der Waals surface area contributed by atoms with Crippen LogP contribution >= 0.6 is 0 Å². The van der Waals surface area contributed by atoms with Crippen molar-refractivity contribution in [3.05, 3.63) is 102 Å². The molecule has 1 atom stereocenters. The number of carbonyl (C=O) groups is 2. The average Bonchev–Trinajstić information content (AvgIpc) is 3.55. The highest BCUT2D eigenvalue weighted by molar-refractivity contribution is 6.21. The summed E-state index contributed by atoms with van der Waals surface area (Å²) in [5.74, 6) is -0.163. The van der Waals surface area contributed by atoms with Crippen molar-refractivity contribution in [3.63, 3.8) is 0 Å². The van der Waals surface area contributed by atoms with Gasteiger partial charge in [-0.1, -0.05) is 60.7 Å². The minimum Gasteiger partial charge on any atom is -0.489 e. The van der Waals surface area contributed by atoms with Crippen molar-refractivity contribution in [2.45, 2.75) is 31.6 Å². The van der Waals surface area contributed by atoms with E-state index in [9.17, 15) is 9.59 Å². The second-order valence-electron chi connectivity index (χ2n) is 8.51. The van der Waals surface area contributed by atoms with Crippen LogP contribution in [0, 0.1) is 0 Å². The molecule has 0 bridgehead atoms. The van der Waals surface area contributed by atoms with E-state index in [0.717, 1.165) is 28.5 Å². The van der Waals surface area contributed by atoms with Crippen LogP contribution in [0.2, 0.25) is 0 Å². The topological polar surface area (TPSA) is 80.4 Å². The van der Waals surface area contributed by atoms with Crippen LogP contribution in [0.25, 0.3) is 10.9 Å². The summed E-state index contributed by atoms with van der Waals surface area (Å²) >= 11 is 0. The number of ketones is 1. The zero-order valence-electron chi connectivity index (χ0n) is 18.8. The van der Waals surface area contributed by atoms with Gasteiger partial charge in [-0.25, -0.2) is 4.79 Å². The van der Waals surface area contributed by atoms with Crippen molar-refractivity contribution in [1.82, 2.24) is 10.3 Å². The third-order valence-corrected chi connectivity index (χ3v) is 6.25. The number of hydrogen-bond donors (Lipinski definition) is 2. The Morgan fingerprint density at radius 2 is 1.59 bits per heavy atom. The van der Waals surface area contributed by atoms with Crippen LogP contribution in [-0.4, -0.2) is 28.8 Å². The van der Waals surface area contributed by atoms with E-state index in [1.807, 2.05) is 78.9 Å². The van der Waals surface area contributed by atoms with Crippen molar-refractivity contribution in [2.75, 3.05) is 6.54 Å². The second-order valence-corrected chi connectivity index (χ2v) is 8.51. The number of nitrogens with one attached hydrogen (secondary N) is 2. The molecule has 172 valence electrons. The maximum atomic E-state index is 13.8. The molecule has 1 fully saturated rings. The number of H-pyrrole nitrogens is 1. The molecular weight excluding hydrogens is 428 g/mol. The van der Waals surface area contributed by atoms with Crippen LogP contribution in [0.15, 0.2) is 85.1 Å². The molecule has 1 saturated heterocycles. The third-order valence-electron chi connectivity index (χ3n) is 6.25. The Balaban J connectivity index is 1.38. The fourth-order valence-electron chi connectivity index (χ4n) is 4.40. The Kier molecular flexibility index (Phi) is 6.14. The highest BCUT2D eigenvalue weighted by atomic mass is 16.5. The van der Waals surface area contributed by atoms with Gasteiger partial charge in [-0.2, -0.15) is 0 Å². The van der Waals surface area contributed by atoms with Gasteiger partial charge < -0.3 is 14.5 Å². The van der Waals surface area contributed by atoms with Crippen molar-refractivity contribution >= 4 is 22.7 Å². The summed E-state index contributed by atoms with van der Waals surface area (Å²) in [4.78, 5) is 30.1. The molecule has 2 N–H and O–H groups in total. The van der Waals surface area contributed by atoms with E-state index >= 15 is 0 Å². The molecular formula is C28H26N2O4. The maximum Gasteiger partial charge on any atom is 0.334 e. The summed E-state index contributed by atoms with van der Waals surface area (Å²) in [7, 11) is 0. The quantitative estimate of drug-likeness (QED) is 0.227. The molecule has 6 nitrogen and oxygen atoms in total. The first-order valence-electron chi connectivity index (χ1n) is 11.4. The van der Waals surface area contributed by atoms with E-state index in [1.54, 1.807) is 6.20 Å². The predicted molar refractivity (Wildman–Crippen MR) is 130 cm³/mol. The fraction of sp³-hybridized carbons (Fsp3) is 0.214. The summed E-state index contributed by atoms with van der Waals surface area (Å²) in [6.45, 7) is 1.14. The summed E-state index contributed by atoms with van der Waals surface area (Å²) in [6.07, 6.45) is 2.79. The second kappa shape index (κ2) is 9.53. The molecule has 1 aliphatic rings. The van der Waals surface area contributed by atoms with E-state index < -0.39 is 11.5 Å². The van der Waals surface area contributed by atoms with Gasteiger partial charge in [-0.3, -0.25) is 10.1 Å². The molecule has 0 unspecified atom stereocenters. The van der Waals surface area contributed by atoms with Gasteiger partial charge in [0.25, 0.3) is 0 Å². The molecule has 0 saturated carbocycles. The van der Waals surface area contributed by atoms with Crippen LogP contribution in [0.5, 0.6) is 5.75 Å². The molecule has 4 aromatic rings. The standard InChI is InChI=1S/C28H26N2O4/c31-26(28(14-7-15-30-28)27(32)34-19-21-10-5-2-6-11-21)24-17-29-25-13-12-22(16-23(24)25)33-18-20-8-3-1-4-9-20/h1-6,8-13,16-17,29-30H,7,14-15,18-19H2/t28-/m1/s1. The molecule has 34 heavy (non-hydrogen) atoms. The first kappa shape index (κ1) is 21.9. The van der Waals surface area contributed by atoms with Crippen molar-refractivity contribution < 1.29 is 19.1 Å². The normalized spacial score (nSPS) is 17.5. The minimum absolute atomic E-state index is 0.127. The van der Waals surface area contributed by atoms with Crippen LogP contribution in [0.4, 0.5) is 0 Å². The molecule has 5 rings (SSSR count). The van der Waals surface area contributed by atoms with Crippen molar-refractivity contribution in [2.24, 2.45) is 0 Å². The summed E-state index contributed by atoms with van der Waals surface area (Å²) in [5, 5.41) is 3.87. The third kappa shape index (κ3) is 4.32. The fourth-order valence-corrected chi connectivity index (χ4v) is 4.40. The van der Waals surface area contributed by atoms with Gasteiger partial charge in [-0.05, 0) is 48.7 Å². The van der Waals surface area contributed by atoms with Gasteiger partial charge >= 0.3 is 5.97 Å². The monoisotopic (exact) mass is 454 g/mol. The zero-order valence-corrected chi connectivity index (χ0v) is 18.8. The molecule has 0 aliphatic carbocycles. The first-order chi connectivity index (χ1) is 16.7. The SMILES string of the molecule is O=C(OCc1ccccc1)[C@]1(C(=O)c2c[nH]c3ccc(OCc4ccccc4)cc23)CCCN1. The molecule has 1 aliphatic heterocycles. The Bertz CT molecular complexity index is 1290. The zero-order chi connectivity index (χ0) is 23.4. The number of aromatic nitrogens is 1. The van der Waals surface area contributed by atoms with Gasteiger partial charge in [0, 0.05) is 22.7 Å². The van der Waals surface area contributed by atoms with E-state index in [2.05, 4.69) is 10.3 Å². The lowest BCUT2D eigenvalue weighted by molar-refractivity contribution is -0.150. The van der Waals surface area contributed by atoms with Crippen LogP contribution in [0.3, 0.4) is 0 Å². The van der Waals surface area contributed by atoms with Gasteiger partial charge in [0.05, 0.1) is 0 Å². The minimum atomic E-state index is -1.38. The summed E-state index contributed by atoms with van der Waals surface area (Å²) < 4.78 is 11.6. The highest BCUT2D eigenvalue weighted by Gasteiger charge is 2.50. The number of ether oxygens (including phenoxy) is 2. The van der Waals surface area contributed by atoms with Crippen molar-refractivity contribution in [1.29, 1.82) is 0 Å². The number of Topliss-reactive ketones (excluding diaryl/α,β-unsaturated/α-hetero) is 1. The molecule has 0 spiro atoms. The maximum absolute atomic E-state index is 13.8. The highest BCUT2D eigenvalue weighted by Crippen LogP contribution is 2.31. The molecule has 1 aromatic heterocycles. The van der Waals surface area contributed by atoms with E-state index in [1.165, 1.54) is 0 Å². The van der Waals surface area contributed by atoms with E-state index in [4.69, 9.17) is 9.47 Å². The molecule has 2 heterocycles. The number of benzene rings is 3. The molecule has 6 heteroatoms. The Morgan fingerprint density at radius 3 is 2.26 bits per heavy atom. The van der Waals surface area contributed by atoms with E-state index in [0.29, 0.717) is 30.9 Å². The Labute approximate surface area is 197 Å². The number of hydrogen-bond acceptors (Lipinski definition) is 5. The van der Waals surface area contributed by atoms with E-state index in [-0.39, 0.29) is 12.4 Å². The van der Waals surface area contributed by atoms with Crippen LogP contribution in [-0.2, 0) is 22.7 Å². The number of carbonyl (C=O) groups excluding carboxylic acids is 2. The van der Waals surface area contributed by atoms with Crippen LogP contribution < -0.4 is 10.1 Å². The molecule has 0 amide bonds. The summed E-state index contributed by atoms with van der Waals surface area (Å²) in [5.41, 5.74) is 1.81. The molecule has 0 radical (unpaired) electrons. The number of fused-ring (bicyclic) bond motifs is 1. The van der Waals surface area contributed by atoms with Gasteiger partial charge in [0.2, 0.25) is 0 Å². The van der Waals surface area contributed by atoms with Crippen molar-refractivity contribution in [3.8, 4) is 5.75 Å². The average molecular weight is 455 g/mol. The lowest BCUT2D eigenvalue weighted by atomic mass is 9.87. The lowest BCUT2D eigenvalue weighted by Crippen LogP contribution is -2.55. The molecule has 3 aromatic carbocycles. The summed E-state index contributed by atoms with van der Waals surface area (Å²) in [6, 6.07) is 25.0. The number of aromatic amines is 1. The Morgan fingerprint density at radius 1 is 0.882 bits per heavy atom. The first-order valence-corrected chi connectivity index (χ1v) is 11.4. The smallest absolute Gasteiger partial charge is 0.334 e. The van der Waals surface area contributed by atoms with Gasteiger partial charge in [0.15, 0.2) is 11.3 Å². The number of esters is 1. The van der Waals surface area contributed by atoms with Crippen LogP contribution in [0.1, 0.15) is 34.3 Å². The Hall–Kier alpha value is -3.90. The van der Waals surface area contributed by atoms with Gasteiger partial charge in [-0.15, -0.1) is 0 Å². The predicted octanol–water partition coefficient (Wildman–Crippen LogP) is 4.80. The largest absolute Gasteiger partial charge is 0.489 e. The lowest BCUT2D eigenvalue weighted by Gasteiger charge is -2.25. The van der Waals surface area contributed by atoms with Gasteiger partial charge in [0.1, 0.15) is 19.0 Å².